The number of carboxylic acids is 1. The van der Waals surface area contributed by atoms with Crippen molar-refractivity contribution >= 4 is 12.1 Å². The van der Waals surface area contributed by atoms with Crippen molar-refractivity contribution < 1.29 is 19.4 Å². The largest absolute Gasteiger partial charge is 0.480 e. The molecule has 1 aromatic rings. The Morgan fingerprint density at radius 1 is 1.38 bits per heavy atom. The van der Waals surface area contributed by atoms with Crippen LogP contribution in [0.2, 0.25) is 0 Å². The first-order chi connectivity index (χ1) is 7.59. The number of carbonyl (C=O) groups excluding carboxylic acids is 1. The SMILES string of the molecule is Cc1ccccc1COC(=O)NCC(=O)O. The van der Waals surface area contributed by atoms with Crippen molar-refractivity contribution in [1.82, 2.24) is 5.32 Å². The van der Waals surface area contributed by atoms with Crippen LogP contribution in [0.5, 0.6) is 0 Å². The summed E-state index contributed by atoms with van der Waals surface area (Å²) >= 11 is 0. The van der Waals surface area contributed by atoms with E-state index in [1.807, 2.05) is 31.2 Å². The molecule has 0 spiro atoms. The van der Waals surface area contributed by atoms with Crippen molar-refractivity contribution in [3.63, 3.8) is 0 Å². The van der Waals surface area contributed by atoms with Crippen LogP contribution in [-0.4, -0.2) is 23.7 Å². The first-order valence-corrected chi connectivity index (χ1v) is 4.76. The van der Waals surface area contributed by atoms with Gasteiger partial charge in [-0.25, -0.2) is 4.79 Å². The summed E-state index contributed by atoms with van der Waals surface area (Å²) in [4.78, 5) is 21.2. The molecule has 0 aromatic heterocycles. The van der Waals surface area contributed by atoms with E-state index in [0.717, 1.165) is 11.1 Å². The van der Waals surface area contributed by atoms with Gasteiger partial charge in [-0.3, -0.25) is 4.79 Å². The zero-order valence-corrected chi connectivity index (χ0v) is 8.90. The summed E-state index contributed by atoms with van der Waals surface area (Å²) < 4.78 is 4.85. The second kappa shape index (κ2) is 5.75. The molecule has 0 saturated carbocycles. The summed E-state index contributed by atoms with van der Waals surface area (Å²) in [6.07, 6.45) is -0.731. The van der Waals surface area contributed by atoms with E-state index in [9.17, 15) is 9.59 Å². The zero-order valence-electron chi connectivity index (χ0n) is 8.90. The molecule has 1 aromatic carbocycles. The number of alkyl carbamates (subject to hydrolysis) is 1. The van der Waals surface area contributed by atoms with Gasteiger partial charge in [0, 0.05) is 0 Å². The fourth-order valence-corrected chi connectivity index (χ4v) is 1.11. The highest BCUT2D eigenvalue weighted by atomic mass is 16.5. The number of carboxylic acid groups (broad SMARTS) is 1. The Labute approximate surface area is 93.0 Å². The molecule has 5 nitrogen and oxygen atoms in total. The van der Waals surface area contributed by atoms with Gasteiger partial charge in [0.2, 0.25) is 0 Å². The summed E-state index contributed by atoms with van der Waals surface area (Å²) in [7, 11) is 0. The Balaban J connectivity index is 2.37. The van der Waals surface area contributed by atoms with Gasteiger partial charge in [-0.05, 0) is 18.1 Å². The molecule has 2 N–H and O–H groups in total. The van der Waals surface area contributed by atoms with E-state index in [4.69, 9.17) is 9.84 Å². The van der Waals surface area contributed by atoms with Crippen molar-refractivity contribution in [3.05, 3.63) is 35.4 Å². The molecule has 16 heavy (non-hydrogen) atoms. The second-order valence-corrected chi connectivity index (χ2v) is 3.25. The molecule has 0 heterocycles. The van der Waals surface area contributed by atoms with Gasteiger partial charge in [-0.1, -0.05) is 24.3 Å². The molecule has 0 unspecified atom stereocenters. The van der Waals surface area contributed by atoms with E-state index in [0.29, 0.717) is 0 Å². The van der Waals surface area contributed by atoms with Crippen LogP contribution in [0.1, 0.15) is 11.1 Å². The molecule has 1 rings (SSSR count). The lowest BCUT2D eigenvalue weighted by Crippen LogP contribution is -2.29. The molecule has 0 aliphatic heterocycles. The summed E-state index contributed by atoms with van der Waals surface area (Å²) in [6.45, 7) is 1.61. The predicted octanol–water partition coefficient (Wildman–Crippen LogP) is 1.31. The standard InChI is InChI=1S/C11H13NO4/c1-8-4-2-3-5-9(8)7-16-11(15)12-6-10(13)14/h2-5H,6-7H2,1H3,(H,12,15)(H,13,14). The summed E-state index contributed by atoms with van der Waals surface area (Å²) in [5.41, 5.74) is 1.92. The number of aryl methyl sites for hydroxylation is 1. The number of hydrogen-bond acceptors (Lipinski definition) is 3. The molecule has 5 heteroatoms. The molecule has 0 fully saturated rings. The number of aliphatic carboxylic acids is 1. The van der Waals surface area contributed by atoms with Gasteiger partial charge in [0.25, 0.3) is 0 Å². The molecular weight excluding hydrogens is 210 g/mol. The third-order valence-electron chi connectivity index (χ3n) is 2.00. The molecule has 0 radical (unpaired) electrons. The summed E-state index contributed by atoms with van der Waals surface area (Å²) in [5, 5.41) is 10.4. The van der Waals surface area contributed by atoms with Gasteiger partial charge < -0.3 is 15.2 Å². The highest BCUT2D eigenvalue weighted by Crippen LogP contribution is 2.07. The summed E-state index contributed by atoms with van der Waals surface area (Å²) in [6, 6.07) is 7.50. The quantitative estimate of drug-likeness (QED) is 0.806. The highest BCUT2D eigenvalue weighted by molar-refractivity contribution is 5.76. The minimum atomic E-state index is -1.10. The van der Waals surface area contributed by atoms with Gasteiger partial charge in [-0.15, -0.1) is 0 Å². The fraction of sp³-hybridized carbons (Fsp3) is 0.273. The minimum absolute atomic E-state index is 0.137. The van der Waals surface area contributed by atoms with Crippen molar-refractivity contribution in [2.45, 2.75) is 13.5 Å². The topological polar surface area (TPSA) is 75.6 Å². The molecule has 0 aliphatic rings. The van der Waals surface area contributed by atoms with Gasteiger partial charge in [-0.2, -0.15) is 0 Å². The van der Waals surface area contributed by atoms with Crippen LogP contribution < -0.4 is 5.32 Å². The van der Waals surface area contributed by atoms with Crippen molar-refractivity contribution in [2.75, 3.05) is 6.54 Å². The van der Waals surface area contributed by atoms with Crippen LogP contribution in [0.3, 0.4) is 0 Å². The molecule has 0 atom stereocenters. The monoisotopic (exact) mass is 223 g/mol. The Hall–Kier alpha value is -2.04. The van der Waals surface area contributed by atoms with E-state index < -0.39 is 18.6 Å². The molecular formula is C11H13NO4. The number of benzene rings is 1. The maximum atomic E-state index is 11.0. The lowest BCUT2D eigenvalue weighted by molar-refractivity contribution is -0.135. The predicted molar refractivity (Wildman–Crippen MR) is 57.0 cm³/mol. The first-order valence-electron chi connectivity index (χ1n) is 4.76. The Kier molecular flexibility index (Phi) is 4.32. The van der Waals surface area contributed by atoms with Crippen LogP contribution in [-0.2, 0) is 16.1 Å². The van der Waals surface area contributed by atoms with Crippen LogP contribution >= 0.6 is 0 Å². The molecule has 86 valence electrons. The number of amides is 1. The van der Waals surface area contributed by atoms with E-state index in [1.165, 1.54) is 0 Å². The Morgan fingerprint density at radius 3 is 2.69 bits per heavy atom. The maximum Gasteiger partial charge on any atom is 0.407 e. The van der Waals surface area contributed by atoms with Crippen LogP contribution in [0, 0.1) is 6.92 Å². The smallest absolute Gasteiger partial charge is 0.407 e. The fourth-order valence-electron chi connectivity index (χ4n) is 1.11. The van der Waals surface area contributed by atoms with Gasteiger partial charge in [0.05, 0.1) is 0 Å². The lowest BCUT2D eigenvalue weighted by atomic mass is 10.1. The third kappa shape index (κ3) is 4.00. The Morgan fingerprint density at radius 2 is 2.06 bits per heavy atom. The zero-order chi connectivity index (χ0) is 12.0. The van der Waals surface area contributed by atoms with E-state index in [2.05, 4.69) is 5.32 Å². The van der Waals surface area contributed by atoms with E-state index in [-0.39, 0.29) is 6.61 Å². The summed E-state index contributed by atoms with van der Waals surface area (Å²) in [5.74, 6) is -1.10. The maximum absolute atomic E-state index is 11.0. The number of rotatable bonds is 4. The van der Waals surface area contributed by atoms with Crippen LogP contribution in [0.25, 0.3) is 0 Å². The molecule has 0 saturated heterocycles. The number of hydrogen-bond donors (Lipinski definition) is 2. The average Bonchev–Trinajstić information content (AvgIpc) is 2.25. The normalized spacial score (nSPS) is 9.56. The number of nitrogens with one attached hydrogen (secondary N) is 1. The van der Waals surface area contributed by atoms with Crippen LogP contribution in [0.4, 0.5) is 4.79 Å². The van der Waals surface area contributed by atoms with Crippen molar-refractivity contribution in [1.29, 1.82) is 0 Å². The second-order valence-electron chi connectivity index (χ2n) is 3.25. The van der Waals surface area contributed by atoms with Gasteiger partial charge in [0.15, 0.2) is 0 Å². The third-order valence-corrected chi connectivity index (χ3v) is 2.00. The molecule has 1 amide bonds. The molecule has 0 aliphatic carbocycles. The van der Waals surface area contributed by atoms with Crippen molar-refractivity contribution in [2.24, 2.45) is 0 Å². The Bertz CT molecular complexity index is 389. The minimum Gasteiger partial charge on any atom is -0.480 e. The highest BCUT2D eigenvalue weighted by Gasteiger charge is 2.05. The number of carbonyl (C=O) groups is 2. The molecule has 0 bridgehead atoms. The van der Waals surface area contributed by atoms with Gasteiger partial charge >= 0.3 is 12.1 Å². The van der Waals surface area contributed by atoms with Gasteiger partial charge in [0.1, 0.15) is 13.2 Å². The van der Waals surface area contributed by atoms with Crippen LogP contribution in [0.15, 0.2) is 24.3 Å². The van der Waals surface area contributed by atoms with E-state index >= 15 is 0 Å². The van der Waals surface area contributed by atoms with E-state index in [1.54, 1.807) is 0 Å². The number of ether oxygens (including phenoxy) is 1. The average molecular weight is 223 g/mol. The van der Waals surface area contributed by atoms with Crippen molar-refractivity contribution in [3.8, 4) is 0 Å². The first kappa shape index (κ1) is 12.0. The lowest BCUT2D eigenvalue weighted by Gasteiger charge is -2.07.